The second-order valence-corrected chi connectivity index (χ2v) is 9.80. The number of rotatable bonds is 3. The van der Waals surface area contributed by atoms with Crippen molar-refractivity contribution in [1.82, 2.24) is 9.55 Å². The summed E-state index contributed by atoms with van der Waals surface area (Å²) in [5, 5.41) is 0. The minimum Gasteiger partial charge on any atom is -0.377 e. The molecule has 2 aliphatic heterocycles. The molecular weight excluding hydrogens is 449 g/mol. The van der Waals surface area contributed by atoms with E-state index >= 15 is 0 Å². The molecule has 0 unspecified atom stereocenters. The van der Waals surface area contributed by atoms with Gasteiger partial charge in [-0.2, -0.15) is 18.2 Å². The fraction of sp³-hybridized carbons (Fsp3) is 0.500. The zero-order chi connectivity index (χ0) is 23.3. The molecular formula is C20H23F3N4O4S. The number of alkyl halides is 3. The molecule has 1 saturated heterocycles. The lowest BCUT2D eigenvalue weighted by atomic mass is 10.1. The SMILES string of the molecule is Cc1ccc(S(=O)(=O)N2c3nc(N4CCOC[C@H]4C)cc(=O)n3CC[C@H]2C(F)(F)F)cc1. The second kappa shape index (κ2) is 8.07. The van der Waals surface area contributed by atoms with E-state index in [2.05, 4.69) is 4.98 Å². The number of morpholine rings is 1. The van der Waals surface area contributed by atoms with Gasteiger partial charge in [-0.15, -0.1) is 0 Å². The van der Waals surface area contributed by atoms with Crippen LogP contribution in [-0.2, 0) is 21.3 Å². The first kappa shape index (κ1) is 22.6. The van der Waals surface area contributed by atoms with Gasteiger partial charge in [-0.25, -0.2) is 12.7 Å². The van der Waals surface area contributed by atoms with E-state index in [0.717, 1.165) is 10.1 Å². The molecule has 1 aromatic heterocycles. The molecule has 12 heteroatoms. The van der Waals surface area contributed by atoms with E-state index in [1.54, 1.807) is 11.8 Å². The van der Waals surface area contributed by atoms with Gasteiger partial charge in [-0.1, -0.05) is 17.7 Å². The number of nitrogens with zero attached hydrogens (tertiary/aromatic N) is 4. The predicted molar refractivity (Wildman–Crippen MR) is 111 cm³/mol. The lowest BCUT2D eigenvalue weighted by Gasteiger charge is -2.39. The molecule has 32 heavy (non-hydrogen) atoms. The van der Waals surface area contributed by atoms with Crippen molar-refractivity contribution in [3.8, 4) is 0 Å². The van der Waals surface area contributed by atoms with Crippen molar-refractivity contribution in [1.29, 1.82) is 0 Å². The minimum atomic E-state index is -4.84. The Morgan fingerprint density at radius 1 is 1.16 bits per heavy atom. The Labute approximate surface area is 183 Å². The zero-order valence-electron chi connectivity index (χ0n) is 17.5. The van der Waals surface area contributed by atoms with Gasteiger partial charge in [0.15, 0.2) is 0 Å². The number of anilines is 2. The first-order chi connectivity index (χ1) is 15.0. The van der Waals surface area contributed by atoms with Gasteiger partial charge in [0.2, 0.25) is 5.95 Å². The number of benzene rings is 1. The molecule has 2 aromatic rings. The van der Waals surface area contributed by atoms with Gasteiger partial charge in [0.05, 0.1) is 24.2 Å². The van der Waals surface area contributed by atoms with Gasteiger partial charge in [-0.05, 0) is 32.4 Å². The van der Waals surface area contributed by atoms with Gasteiger partial charge >= 0.3 is 6.18 Å². The summed E-state index contributed by atoms with van der Waals surface area (Å²) in [6, 6.07) is 4.24. The van der Waals surface area contributed by atoms with Crippen LogP contribution in [-0.4, -0.2) is 56.0 Å². The summed E-state index contributed by atoms with van der Waals surface area (Å²) in [7, 11) is -4.65. The summed E-state index contributed by atoms with van der Waals surface area (Å²) >= 11 is 0. The van der Waals surface area contributed by atoms with Gasteiger partial charge in [0.1, 0.15) is 11.9 Å². The third-order valence-electron chi connectivity index (χ3n) is 5.70. The zero-order valence-corrected chi connectivity index (χ0v) is 18.4. The highest BCUT2D eigenvalue weighted by Gasteiger charge is 2.51. The summed E-state index contributed by atoms with van der Waals surface area (Å²) in [6.07, 6.45) is -5.43. The average molecular weight is 472 g/mol. The lowest BCUT2D eigenvalue weighted by molar-refractivity contribution is -0.149. The molecule has 8 nitrogen and oxygen atoms in total. The van der Waals surface area contributed by atoms with Crippen molar-refractivity contribution in [3.05, 3.63) is 46.2 Å². The maximum Gasteiger partial charge on any atom is 0.410 e. The number of ether oxygens (including phenoxy) is 1. The van der Waals surface area contributed by atoms with Crippen LogP contribution in [0.5, 0.6) is 0 Å². The number of fused-ring (bicyclic) bond motifs is 1. The molecule has 0 radical (unpaired) electrons. The second-order valence-electron chi connectivity index (χ2n) is 7.98. The summed E-state index contributed by atoms with van der Waals surface area (Å²) in [6.45, 7) is 4.38. The molecule has 0 saturated carbocycles. The first-order valence-electron chi connectivity index (χ1n) is 10.1. The van der Waals surface area contributed by atoms with E-state index in [1.807, 2.05) is 6.92 Å². The van der Waals surface area contributed by atoms with Crippen molar-refractivity contribution in [3.63, 3.8) is 0 Å². The van der Waals surface area contributed by atoms with Crippen molar-refractivity contribution < 1.29 is 26.3 Å². The Balaban J connectivity index is 1.91. The van der Waals surface area contributed by atoms with Gasteiger partial charge < -0.3 is 9.64 Å². The van der Waals surface area contributed by atoms with Gasteiger partial charge in [-0.3, -0.25) is 9.36 Å². The molecule has 0 aliphatic carbocycles. The average Bonchev–Trinajstić information content (AvgIpc) is 2.72. The number of halogens is 3. The van der Waals surface area contributed by atoms with Crippen molar-refractivity contribution in [2.45, 2.75) is 50.0 Å². The molecule has 2 aliphatic rings. The topological polar surface area (TPSA) is 84.7 Å². The highest BCUT2D eigenvalue weighted by molar-refractivity contribution is 7.92. The molecule has 3 heterocycles. The monoisotopic (exact) mass is 472 g/mol. The maximum absolute atomic E-state index is 14.0. The van der Waals surface area contributed by atoms with Crippen LogP contribution in [0.15, 0.2) is 40.0 Å². The van der Waals surface area contributed by atoms with Gasteiger partial charge in [0.25, 0.3) is 15.6 Å². The number of hydrogen-bond donors (Lipinski definition) is 0. The van der Waals surface area contributed by atoms with Crippen molar-refractivity contribution in [2.75, 3.05) is 29.0 Å². The van der Waals surface area contributed by atoms with E-state index in [4.69, 9.17) is 4.74 Å². The molecule has 2 atom stereocenters. The van der Waals surface area contributed by atoms with Crippen LogP contribution in [0.1, 0.15) is 18.9 Å². The van der Waals surface area contributed by atoms with Crippen molar-refractivity contribution >= 4 is 21.8 Å². The van der Waals surface area contributed by atoms with E-state index in [0.29, 0.717) is 19.8 Å². The molecule has 0 amide bonds. The van der Waals surface area contributed by atoms with Gasteiger partial charge in [0, 0.05) is 19.2 Å². The quantitative estimate of drug-likeness (QED) is 0.682. The molecule has 0 spiro atoms. The largest absolute Gasteiger partial charge is 0.410 e. The Hall–Kier alpha value is -2.60. The molecule has 4 rings (SSSR count). The fourth-order valence-corrected chi connectivity index (χ4v) is 5.60. The molecule has 0 bridgehead atoms. The van der Waals surface area contributed by atoms with Crippen LogP contribution in [0.25, 0.3) is 0 Å². The highest BCUT2D eigenvalue weighted by Crippen LogP contribution is 2.38. The van der Waals surface area contributed by atoms with E-state index in [-0.39, 0.29) is 27.6 Å². The van der Waals surface area contributed by atoms with E-state index < -0.39 is 40.2 Å². The van der Waals surface area contributed by atoms with E-state index in [1.165, 1.54) is 30.3 Å². The van der Waals surface area contributed by atoms with Crippen LogP contribution in [0.2, 0.25) is 0 Å². The minimum absolute atomic E-state index is 0.129. The molecule has 174 valence electrons. The third-order valence-corrected chi connectivity index (χ3v) is 7.50. The Bertz CT molecular complexity index is 1160. The fourth-order valence-electron chi connectivity index (χ4n) is 3.98. The standard InChI is InChI=1S/C20H23F3N4O4S/c1-13-3-5-15(6-4-13)32(29,30)27-16(20(21,22)23)7-8-26-18(28)11-17(24-19(26)27)25-9-10-31-12-14(25)2/h3-6,11,14,16H,7-10,12H2,1-2H3/t14-,16+/m1/s1. The highest BCUT2D eigenvalue weighted by atomic mass is 32.2. The Morgan fingerprint density at radius 3 is 2.47 bits per heavy atom. The summed E-state index contributed by atoms with van der Waals surface area (Å²) < 4.78 is 75.4. The molecule has 1 fully saturated rings. The third kappa shape index (κ3) is 3.96. The van der Waals surface area contributed by atoms with Crippen LogP contribution in [0, 0.1) is 6.92 Å². The first-order valence-corrected chi connectivity index (χ1v) is 11.6. The van der Waals surface area contributed by atoms with Crippen LogP contribution >= 0.6 is 0 Å². The van der Waals surface area contributed by atoms with Crippen LogP contribution in [0.4, 0.5) is 24.9 Å². The molecule has 0 N–H and O–H groups in total. The maximum atomic E-state index is 14.0. The summed E-state index contributed by atoms with van der Waals surface area (Å²) in [4.78, 5) is 18.5. The lowest BCUT2D eigenvalue weighted by Crippen LogP contribution is -2.55. The van der Waals surface area contributed by atoms with Crippen LogP contribution in [0.3, 0.4) is 0 Å². The molecule has 1 aromatic carbocycles. The number of hydrogen-bond acceptors (Lipinski definition) is 6. The smallest absolute Gasteiger partial charge is 0.377 e. The number of aromatic nitrogens is 2. The number of aryl methyl sites for hydroxylation is 1. The summed E-state index contributed by atoms with van der Waals surface area (Å²) in [5.74, 6) is -0.399. The normalized spacial score (nSPS) is 22.0. The Morgan fingerprint density at radius 2 is 1.84 bits per heavy atom. The Kier molecular flexibility index (Phi) is 5.70. The van der Waals surface area contributed by atoms with Crippen LogP contribution < -0.4 is 14.8 Å². The summed E-state index contributed by atoms with van der Waals surface area (Å²) in [5.41, 5.74) is 0.154. The van der Waals surface area contributed by atoms with E-state index in [9.17, 15) is 26.4 Å². The predicted octanol–water partition coefficient (Wildman–Crippen LogP) is 2.31. The number of sulfonamides is 1. The van der Waals surface area contributed by atoms with Crippen molar-refractivity contribution in [2.24, 2.45) is 0 Å².